The van der Waals surface area contributed by atoms with Crippen LogP contribution in [-0.4, -0.2) is 6.26 Å². The van der Waals surface area contributed by atoms with E-state index in [1.807, 2.05) is 6.07 Å². The summed E-state index contributed by atoms with van der Waals surface area (Å²) in [5.74, 6) is 0. The molecule has 2 aromatic rings. The number of thioether (sulfide) groups is 1. The average molecular weight is 282 g/mol. The van der Waals surface area contributed by atoms with E-state index in [1.165, 1.54) is 41.7 Å². The summed E-state index contributed by atoms with van der Waals surface area (Å²) in [6.45, 7) is 0. The molecule has 0 N–H and O–H groups in total. The molecule has 0 saturated heterocycles. The Morgan fingerprint density at radius 1 is 0.700 bits per heavy atom. The van der Waals surface area contributed by atoms with Gasteiger partial charge in [-0.3, -0.25) is 0 Å². The van der Waals surface area contributed by atoms with Gasteiger partial charge in [-0.05, 0) is 55.2 Å². The highest BCUT2D eigenvalue weighted by Gasteiger charge is 1.95. The first-order valence-electron chi connectivity index (χ1n) is 7.24. The second kappa shape index (κ2) is 8.65. The van der Waals surface area contributed by atoms with E-state index in [0.29, 0.717) is 0 Å². The lowest BCUT2D eigenvalue weighted by Gasteiger charge is -2.01. The average Bonchev–Trinajstić information content (AvgIpc) is 2.58. The number of rotatable bonds is 2. The molecule has 0 aliphatic heterocycles. The van der Waals surface area contributed by atoms with E-state index < -0.39 is 0 Å². The molecule has 0 heterocycles. The summed E-state index contributed by atoms with van der Waals surface area (Å²) in [6, 6.07) is 19.1. The normalized spacial score (nSPS) is 13.4. The summed E-state index contributed by atoms with van der Waals surface area (Å²) in [4.78, 5) is 1.31. The van der Waals surface area contributed by atoms with Crippen molar-refractivity contribution in [1.29, 1.82) is 0 Å². The van der Waals surface area contributed by atoms with Gasteiger partial charge >= 0.3 is 0 Å². The van der Waals surface area contributed by atoms with Gasteiger partial charge in [0, 0.05) is 4.90 Å². The quantitative estimate of drug-likeness (QED) is 0.467. The second-order valence-electron chi connectivity index (χ2n) is 4.85. The molecule has 0 nitrogen and oxygen atoms in total. The van der Waals surface area contributed by atoms with Crippen LogP contribution in [-0.2, 0) is 0 Å². The van der Waals surface area contributed by atoms with Gasteiger partial charge in [-0.2, -0.15) is 0 Å². The van der Waals surface area contributed by atoms with Gasteiger partial charge < -0.3 is 0 Å². The maximum Gasteiger partial charge on any atom is 0.00695 e. The monoisotopic (exact) mass is 282 g/mol. The minimum atomic E-state index is 1.28. The van der Waals surface area contributed by atoms with E-state index in [1.54, 1.807) is 11.8 Å². The van der Waals surface area contributed by atoms with Crippen LogP contribution in [0.2, 0.25) is 0 Å². The van der Waals surface area contributed by atoms with E-state index in [0.717, 1.165) is 0 Å². The van der Waals surface area contributed by atoms with Crippen LogP contribution in [0.4, 0.5) is 0 Å². The largest absolute Gasteiger partial charge is 0.130 e. The summed E-state index contributed by atoms with van der Waals surface area (Å²) >= 11 is 1.77. The molecule has 0 radical (unpaired) electrons. The first-order chi connectivity index (χ1) is 9.90. The Morgan fingerprint density at radius 3 is 1.70 bits per heavy atom. The summed E-state index contributed by atoms with van der Waals surface area (Å²) in [6.07, 6.45) is 12.1. The molecule has 20 heavy (non-hydrogen) atoms. The van der Waals surface area contributed by atoms with Gasteiger partial charge in [-0.15, -0.1) is 11.8 Å². The first-order valence-corrected chi connectivity index (χ1v) is 8.47. The van der Waals surface area contributed by atoms with E-state index >= 15 is 0 Å². The first kappa shape index (κ1) is 14.9. The number of benzene rings is 2. The van der Waals surface area contributed by atoms with Gasteiger partial charge in [-0.25, -0.2) is 0 Å². The van der Waals surface area contributed by atoms with E-state index in [-0.39, 0.29) is 0 Å². The molecular formula is C19H22S. The highest BCUT2D eigenvalue weighted by Crippen LogP contribution is 2.22. The minimum Gasteiger partial charge on any atom is -0.130 e. The summed E-state index contributed by atoms with van der Waals surface area (Å²) in [7, 11) is 0. The van der Waals surface area contributed by atoms with Gasteiger partial charge in [-0.1, -0.05) is 54.6 Å². The molecule has 0 atom stereocenters. The summed E-state index contributed by atoms with van der Waals surface area (Å²) in [5, 5.41) is 0. The molecule has 3 rings (SSSR count). The van der Waals surface area contributed by atoms with Crippen molar-refractivity contribution in [2.75, 3.05) is 6.26 Å². The highest BCUT2D eigenvalue weighted by molar-refractivity contribution is 7.98. The van der Waals surface area contributed by atoms with Crippen molar-refractivity contribution >= 4 is 11.8 Å². The zero-order valence-corrected chi connectivity index (χ0v) is 12.9. The van der Waals surface area contributed by atoms with Crippen LogP contribution in [0, 0.1) is 0 Å². The van der Waals surface area contributed by atoms with Crippen LogP contribution < -0.4 is 0 Å². The second-order valence-corrected chi connectivity index (χ2v) is 5.73. The molecule has 104 valence electrons. The fourth-order valence-electron chi connectivity index (χ4n) is 2.17. The molecule has 0 saturated carbocycles. The van der Waals surface area contributed by atoms with Gasteiger partial charge in [0.1, 0.15) is 0 Å². The van der Waals surface area contributed by atoms with Crippen molar-refractivity contribution in [1.82, 2.24) is 0 Å². The third-order valence-corrected chi connectivity index (χ3v) is 4.10. The number of hydrogen-bond donors (Lipinski definition) is 0. The Kier molecular flexibility index (Phi) is 6.46. The van der Waals surface area contributed by atoms with Crippen LogP contribution in [0.3, 0.4) is 0 Å². The standard InChI is InChI=1S/C13H12S.C6H10/c1-14-13-9-7-12(8-10-13)11-5-3-2-4-6-11;1-2-4-6-5-3-1/h2-10H,1H3;1-2H,3-6H2. The molecular weight excluding hydrogens is 260 g/mol. The summed E-state index contributed by atoms with van der Waals surface area (Å²) < 4.78 is 0. The molecule has 0 fully saturated rings. The molecule has 1 heteroatoms. The van der Waals surface area contributed by atoms with Crippen LogP contribution in [0.5, 0.6) is 0 Å². The zero-order chi connectivity index (χ0) is 14.0. The molecule has 0 bridgehead atoms. The molecule has 2 aromatic carbocycles. The maximum absolute atomic E-state index is 2.27. The van der Waals surface area contributed by atoms with Crippen molar-refractivity contribution in [3.8, 4) is 11.1 Å². The van der Waals surface area contributed by atoms with E-state index in [9.17, 15) is 0 Å². The molecule has 0 amide bonds. The topological polar surface area (TPSA) is 0 Å². The minimum absolute atomic E-state index is 1.28. The lowest BCUT2D eigenvalue weighted by Crippen LogP contribution is -1.77. The number of allylic oxidation sites excluding steroid dienone is 2. The van der Waals surface area contributed by atoms with Crippen LogP contribution >= 0.6 is 11.8 Å². The van der Waals surface area contributed by atoms with Gasteiger partial charge in [0.05, 0.1) is 0 Å². The van der Waals surface area contributed by atoms with E-state index in [4.69, 9.17) is 0 Å². The van der Waals surface area contributed by atoms with E-state index in [2.05, 4.69) is 66.9 Å². The van der Waals surface area contributed by atoms with Crippen LogP contribution in [0.25, 0.3) is 11.1 Å². The van der Waals surface area contributed by atoms with Crippen LogP contribution in [0.15, 0.2) is 71.6 Å². The van der Waals surface area contributed by atoms with Crippen molar-refractivity contribution in [3.63, 3.8) is 0 Å². The highest BCUT2D eigenvalue weighted by atomic mass is 32.2. The van der Waals surface area contributed by atoms with Gasteiger partial charge in [0.2, 0.25) is 0 Å². The molecule has 0 spiro atoms. The Balaban J connectivity index is 0.000000205. The third-order valence-electron chi connectivity index (χ3n) is 3.36. The SMILES string of the molecule is C1=CCCCC1.CSc1ccc(-c2ccccc2)cc1. The van der Waals surface area contributed by atoms with Crippen molar-refractivity contribution in [2.45, 2.75) is 30.6 Å². The van der Waals surface area contributed by atoms with Crippen LogP contribution in [0.1, 0.15) is 25.7 Å². The van der Waals surface area contributed by atoms with Crippen molar-refractivity contribution < 1.29 is 0 Å². The molecule has 1 aliphatic rings. The molecule has 0 unspecified atom stereocenters. The van der Waals surface area contributed by atoms with Crippen molar-refractivity contribution in [2.24, 2.45) is 0 Å². The fourth-order valence-corrected chi connectivity index (χ4v) is 2.58. The third kappa shape index (κ3) is 4.90. The Hall–Kier alpha value is -1.47. The van der Waals surface area contributed by atoms with Gasteiger partial charge in [0.25, 0.3) is 0 Å². The summed E-state index contributed by atoms with van der Waals surface area (Å²) in [5.41, 5.74) is 2.56. The van der Waals surface area contributed by atoms with Gasteiger partial charge in [0.15, 0.2) is 0 Å². The predicted molar refractivity (Wildman–Crippen MR) is 91.3 cm³/mol. The lowest BCUT2D eigenvalue weighted by atomic mass is 10.1. The Bertz CT molecular complexity index is 503. The van der Waals surface area contributed by atoms with Crippen molar-refractivity contribution in [3.05, 3.63) is 66.7 Å². The predicted octanol–water partition coefficient (Wildman–Crippen LogP) is 6.19. The number of hydrogen-bond acceptors (Lipinski definition) is 1. The lowest BCUT2D eigenvalue weighted by molar-refractivity contribution is 0.730. The smallest absolute Gasteiger partial charge is 0.00695 e. The Morgan fingerprint density at radius 2 is 1.25 bits per heavy atom. The molecule has 1 aliphatic carbocycles. The zero-order valence-electron chi connectivity index (χ0n) is 12.1. The molecule has 0 aromatic heterocycles. The Labute approximate surface area is 126 Å². The maximum atomic E-state index is 2.27. The fraction of sp³-hybridized carbons (Fsp3) is 0.263.